The van der Waals surface area contributed by atoms with E-state index in [2.05, 4.69) is 0 Å². The van der Waals surface area contributed by atoms with E-state index < -0.39 is 24.0 Å². The summed E-state index contributed by atoms with van der Waals surface area (Å²) in [5.74, 6) is -1.06. The third kappa shape index (κ3) is 8.52. The molecule has 0 spiro atoms. The lowest BCUT2D eigenvalue weighted by Crippen LogP contribution is -2.34. The Morgan fingerprint density at radius 2 is 1.25 bits per heavy atom. The lowest BCUT2D eigenvalue weighted by molar-refractivity contribution is -0.144. The molecule has 0 amide bonds. The highest BCUT2D eigenvalue weighted by atomic mass is 16.5. The van der Waals surface area contributed by atoms with Gasteiger partial charge in [0.15, 0.2) is 0 Å². The molecule has 2 atom stereocenters. The van der Waals surface area contributed by atoms with Crippen molar-refractivity contribution in [3.8, 4) is 11.5 Å². The SMILES string of the molecule is CCOC(=O)C(N)Cc1ccc(O)cc1.NC(Cc1ccc(O)cc1)C(=O)O. The first-order valence-corrected chi connectivity index (χ1v) is 8.69. The molecule has 0 saturated carbocycles. The van der Waals surface area contributed by atoms with Gasteiger partial charge in [0.05, 0.1) is 6.61 Å². The molecular weight excluding hydrogens is 364 g/mol. The fraction of sp³-hybridized carbons (Fsp3) is 0.300. The molecule has 7 N–H and O–H groups in total. The summed E-state index contributed by atoms with van der Waals surface area (Å²) in [6, 6.07) is 11.4. The topological polar surface area (TPSA) is 156 Å². The number of carbonyl (C=O) groups excluding carboxylic acids is 1. The van der Waals surface area contributed by atoms with Crippen LogP contribution < -0.4 is 11.5 Å². The number of phenols is 2. The normalized spacial score (nSPS) is 12.2. The van der Waals surface area contributed by atoms with Crippen LogP contribution in [0.25, 0.3) is 0 Å². The van der Waals surface area contributed by atoms with Gasteiger partial charge in [-0.05, 0) is 55.2 Å². The highest BCUT2D eigenvalue weighted by molar-refractivity contribution is 5.75. The Morgan fingerprint density at radius 3 is 1.61 bits per heavy atom. The van der Waals surface area contributed by atoms with Crippen LogP contribution in [0.1, 0.15) is 18.1 Å². The first kappa shape index (κ1) is 22.9. The molecule has 28 heavy (non-hydrogen) atoms. The van der Waals surface area contributed by atoms with E-state index >= 15 is 0 Å². The Bertz CT molecular complexity index is 746. The first-order chi connectivity index (χ1) is 13.2. The van der Waals surface area contributed by atoms with Crippen molar-refractivity contribution in [3.63, 3.8) is 0 Å². The Hall–Kier alpha value is -3.10. The average molecular weight is 390 g/mol. The Morgan fingerprint density at radius 1 is 0.857 bits per heavy atom. The van der Waals surface area contributed by atoms with Gasteiger partial charge in [-0.1, -0.05) is 24.3 Å². The van der Waals surface area contributed by atoms with Crippen molar-refractivity contribution in [1.82, 2.24) is 0 Å². The van der Waals surface area contributed by atoms with Gasteiger partial charge in [-0.3, -0.25) is 9.59 Å². The number of benzene rings is 2. The van der Waals surface area contributed by atoms with Crippen LogP contribution in [-0.2, 0) is 27.2 Å². The van der Waals surface area contributed by atoms with Crippen molar-refractivity contribution in [2.45, 2.75) is 31.8 Å². The van der Waals surface area contributed by atoms with E-state index in [-0.39, 0.29) is 17.9 Å². The number of aliphatic carboxylic acids is 1. The summed E-state index contributed by atoms with van der Waals surface area (Å²) in [7, 11) is 0. The summed E-state index contributed by atoms with van der Waals surface area (Å²) in [5.41, 5.74) is 12.7. The number of aromatic hydroxyl groups is 2. The van der Waals surface area contributed by atoms with Crippen LogP contribution in [0, 0.1) is 0 Å². The van der Waals surface area contributed by atoms with Crippen LogP contribution in [0.15, 0.2) is 48.5 Å². The van der Waals surface area contributed by atoms with Crippen molar-refractivity contribution in [2.24, 2.45) is 11.5 Å². The zero-order valence-corrected chi connectivity index (χ0v) is 15.6. The van der Waals surface area contributed by atoms with E-state index in [1.165, 1.54) is 12.1 Å². The molecule has 0 aromatic heterocycles. The number of carboxylic acid groups (broad SMARTS) is 1. The maximum absolute atomic E-state index is 11.2. The molecule has 0 aliphatic rings. The maximum Gasteiger partial charge on any atom is 0.323 e. The molecule has 0 saturated heterocycles. The van der Waals surface area contributed by atoms with Crippen molar-refractivity contribution in [3.05, 3.63) is 59.7 Å². The van der Waals surface area contributed by atoms with Gasteiger partial charge in [-0.15, -0.1) is 0 Å². The van der Waals surface area contributed by atoms with Crippen LogP contribution in [0.5, 0.6) is 11.5 Å². The molecule has 8 heteroatoms. The summed E-state index contributed by atoms with van der Waals surface area (Å²) in [6.45, 7) is 2.08. The number of esters is 1. The van der Waals surface area contributed by atoms with E-state index in [1.807, 2.05) is 0 Å². The van der Waals surface area contributed by atoms with Crippen molar-refractivity contribution >= 4 is 11.9 Å². The van der Waals surface area contributed by atoms with Gasteiger partial charge in [0.2, 0.25) is 0 Å². The summed E-state index contributed by atoms with van der Waals surface area (Å²) >= 11 is 0. The van der Waals surface area contributed by atoms with Crippen molar-refractivity contribution in [2.75, 3.05) is 6.61 Å². The molecule has 8 nitrogen and oxygen atoms in total. The lowest BCUT2D eigenvalue weighted by Gasteiger charge is -2.10. The number of ether oxygens (including phenoxy) is 1. The number of hydrogen-bond donors (Lipinski definition) is 5. The predicted octanol–water partition coefficient (Wildman–Crippen LogP) is 1.17. The smallest absolute Gasteiger partial charge is 0.323 e. The largest absolute Gasteiger partial charge is 0.508 e. The van der Waals surface area contributed by atoms with Crippen molar-refractivity contribution < 1.29 is 29.6 Å². The number of rotatable bonds is 7. The molecule has 0 fully saturated rings. The fourth-order valence-electron chi connectivity index (χ4n) is 2.19. The predicted molar refractivity (Wildman–Crippen MR) is 104 cm³/mol. The molecule has 2 unspecified atom stereocenters. The number of phenolic OH excluding ortho intramolecular Hbond substituents is 2. The third-order valence-electron chi connectivity index (χ3n) is 3.69. The van der Waals surface area contributed by atoms with Gasteiger partial charge in [0, 0.05) is 0 Å². The number of carbonyl (C=O) groups is 2. The van der Waals surface area contributed by atoms with E-state index in [0.29, 0.717) is 13.0 Å². The van der Waals surface area contributed by atoms with Gasteiger partial charge >= 0.3 is 11.9 Å². The minimum Gasteiger partial charge on any atom is -0.508 e. The molecule has 0 heterocycles. The quantitative estimate of drug-likeness (QED) is 0.441. The second-order valence-corrected chi connectivity index (χ2v) is 6.04. The fourth-order valence-corrected chi connectivity index (χ4v) is 2.19. The minimum absolute atomic E-state index is 0.160. The Labute approximate surface area is 163 Å². The van der Waals surface area contributed by atoms with Gasteiger partial charge < -0.3 is 31.5 Å². The van der Waals surface area contributed by atoms with Crippen LogP contribution in [0.2, 0.25) is 0 Å². The average Bonchev–Trinajstić information content (AvgIpc) is 2.66. The highest BCUT2D eigenvalue weighted by Crippen LogP contribution is 2.11. The molecule has 152 valence electrons. The van der Waals surface area contributed by atoms with Gasteiger partial charge in [0.25, 0.3) is 0 Å². The molecular formula is C20H26N2O6. The molecule has 2 aromatic rings. The number of nitrogens with two attached hydrogens (primary N) is 2. The second kappa shape index (κ2) is 11.6. The van der Waals surface area contributed by atoms with Gasteiger partial charge in [-0.25, -0.2) is 0 Å². The first-order valence-electron chi connectivity index (χ1n) is 8.69. The highest BCUT2D eigenvalue weighted by Gasteiger charge is 2.14. The Kier molecular flexibility index (Phi) is 9.49. The summed E-state index contributed by atoms with van der Waals surface area (Å²) < 4.78 is 4.79. The summed E-state index contributed by atoms with van der Waals surface area (Å²) in [6.07, 6.45) is 0.689. The van der Waals surface area contributed by atoms with Crippen molar-refractivity contribution in [1.29, 1.82) is 0 Å². The molecule has 0 radical (unpaired) electrons. The number of hydrogen-bond acceptors (Lipinski definition) is 7. The van der Waals surface area contributed by atoms with Crippen LogP contribution in [0.4, 0.5) is 0 Å². The molecule has 0 aliphatic heterocycles. The van der Waals surface area contributed by atoms with Crippen LogP contribution in [0.3, 0.4) is 0 Å². The monoisotopic (exact) mass is 390 g/mol. The second-order valence-electron chi connectivity index (χ2n) is 6.04. The molecule has 2 rings (SSSR count). The van der Waals surface area contributed by atoms with Crippen LogP contribution >= 0.6 is 0 Å². The van der Waals surface area contributed by atoms with Gasteiger partial charge in [-0.2, -0.15) is 0 Å². The third-order valence-corrected chi connectivity index (χ3v) is 3.69. The minimum atomic E-state index is -1.02. The van der Waals surface area contributed by atoms with Crippen LogP contribution in [-0.4, -0.2) is 45.9 Å². The van der Waals surface area contributed by atoms with E-state index in [4.69, 9.17) is 31.5 Å². The Balaban J connectivity index is 0.000000283. The lowest BCUT2D eigenvalue weighted by atomic mass is 10.1. The van der Waals surface area contributed by atoms with E-state index in [9.17, 15) is 9.59 Å². The van der Waals surface area contributed by atoms with E-state index in [0.717, 1.165) is 11.1 Å². The number of carboxylic acids is 1. The molecule has 0 aliphatic carbocycles. The summed E-state index contributed by atoms with van der Waals surface area (Å²) in [5, 5.41) is 26.5. The zero-order chi connectivity index (χ0) is 21.1. The van der Waals surface area contributed by atoms with E-state index in [1.54, 1.807) is 43.3 Å². The van der Waals surface area contributed by atoms with Gasteiger partial charge in [0.1, 0.15) is 23.6 Å². The maximum atomic E-state index is 11.2. The molecule has 2 aromatic carbocycles. The summed E-state index contributed by atoms with van der Waals surface area (Å²) in [4.78, 5) is 21.6. The molecule has 0 bridgehead atoms. The zero-order valence-electron chi connectivity index (χ0n) is 15.6. The standard InChI is InChI=1S/C11H15NO3.C9H11NO3/c1-2-15-11(14)10(12)7-8-3-5-9(13)6-4-8;10-8(9(12)13)5-6-1-3-7(11)4-2-6/h3-6,10,13H,2,7,12H2,1H3;1-4,8,11H,5,10H2,(H,12,13).